The van der Waals surface area contributed by atoms with E-state index in [-0.39, 0.29) is 18.0 Å². The second-order valence-corrected chi connectivity index (χ2v) is 5.65. The number of rotatable bonds is 6. The summed E-state index contributed by atoms with van der Waals surface area (Å²) in [4.78, 5) is 16.3. The number of carbonyl (C=O) groups excluding carboxylic acids is 1. The molecule has 3 nitrogen and oxygen atoms in total. The maximum Gasteiger partial charge on any atom is 0.237 e. The van der Waals surface area contributed by atoms with Crippen molar-refractivity contribution in [2.24, 2.45) is 0 Å². The van der Waals surface area contributed by atoms with E-state index in [4.69, 9.17) is 0 Å². The third kappa shape index (κ3) is 5.03. The lowest BCUT2D eigenvalue weighted by molar-refractivity contribution is -0.135. The minimum Gasteiger partial charge on any atom is -0.337 e. The Morgan fingerprint density at radius 1 is 1.05 bits per heavy atom. The van der Waals surface area contributed by atoms with Crippen LogP contribution < -0.4 is 0 Å². The molecule has 3 heteroatoms. The van der Waals surface area contributed by atoms with Gasteiger partial charge in [0, 0.05) is 18.6 Å². The first-order chi connectivity index (χ1) is 8.91. The summed E-state index contributed by atoms with van der Waals surface area (Å²) in [7, 11) is 1.99. The fourth-order valence-corrected chi connectivity index (χ4v) is 2.44. The number of amides is 1. The molecular formula is C16H26N2O. The van der Waals surface area contributed by atoms with Gasteiger partial charge in [-0.2, -0.15) is 0 Å². The first kappa shape index (κ1) is 15.7. The van der Waals surface area contributed by atoms with Crippen LogP contribution in [-0.4, -0.2) is 41.4 Å². The van der Waals surface area contributed by atoms with Gasteiger partial charge in [0.25, 0.3) is 0 Å². The van der Waals surface area contributed by atoms with Crippen LogP contribution in [0.5, 0.6) is 0 Å². The van der Waals surface area contributed by atoms with Crippen LogP contribution in [0, 0.1) is 0 Å². The van der Waals surface area contributed by atoms with Crippen molar-refractivity contribution >= 4 is 5.91 Å². The topological polar surface area (TPSA) is 23.6 Å². The highest BCUT2D eigenvalue weighted by molar-refractivity contribution is 5.78. The Kier molecular flexibility index (Phi) is 6.03. The molecule has 0 spiro atoms. The Labute approximate surface area is 117 Å². The lowest BCUT2D eigenvalue weighted by Crippen LogP contribution is -2.46. The van der Waals surface area contributed by atoms with Crippen molar-refractivity contribution in [1.29, 1.82) is 0 Å². The summed E-state index contributed by atoms with van der Waals surface area (Å²) in [5.41, 5.74) is 1.23. The summed E-state index contributed by atoms with van der Waals surface area (Å²) in [5, 5.41) is 0. The maximum absolute atomic E-state index is 12.3. The van der Waals surface area contributed by atoms with E-state index in [9.17, 15) is 4.79 Å². The summed E-state index contributed by atoms with van der Waals surface area (Å²) in [6.07, 6.45) is 0. The molecule has 0 heterocycles. The number of carbonyl (C=O) groups is 1. The van der Waals surface area contributed by atoms with E-state index >= 15 is 0 Å². The molecule has 0 saturated heterocycles. The first-order valence-corrected chi connectivity index (χ1v) is 6.95. The van der Waals surface area contributed by atoms with Gasteiger partial charge in [-0.25, -0.2) is 0 Å². The third-order valence-corrected chi connectivity index (χ3v) is 3.10. The van der Waals surface area contributed by atoms with Crippen LogP contribution >= 0.6 is 0 Å². The highest BCUT2D eigenvalue weighted by Crippen LogP contribution is 2.08. The van der Waals surface area contributed by atoms with Crippen LogP contribution in [0.1, 0.15) is 33.3 Å². The van der Waals surface area contributed by atoms with Gasteiger partial charge in [-0.05, 0) is 40.3 Å². The Morgan fingerprint density at radius 3 is 2.05 bits per heavy atom. The largest absolute Gasteiger partial charge is 0.337 e. The molecule has 1 aromatic rings. The van der Waals surface area contributed by atoms with Gasteiger partial charge in [-0.3, -0.25) is 9.69 Å². The highest BCUT2D eigenvalue weighted by Gasteiger charge is 2.20. The molecule has 0 aromatic heterocycles. The van der Waals surface area contributed by atoms with Crippen LogP contribution in [0.3, 0.4) is 0 Å². The van der Waals surface area contributed by atoms with E-state index < -0.39 is 0 Å². The van der Waals surface area contributed by atoms with Gasteiger partial charge in [0.15, 0.2) is 0 Å². The van der Waals surface area contributed by atoms with Crippen LogP contribution in [0.2, 0.25) is 0 Å². The smallest absolute Gasteiger partial charge is 0.237 e. The highest BCUT2D eigenvalue weighted by atomic mass is 16.2. The average Bonchev–Trinajstić information content (AvgIpc) is 2.28. The molecule has 1 aromatic carbocycles. The van der Waals surface area contributed by atoms with Crippen molar-refractivity contribution in [3.63, 3.8) is 0 Å². The summed E-state index contributed by atoms with van der Waals surface area (Å²) in [5.74, 6) is 0.198. The van der Waals surface area contributed by atoms with Gasteiger partial charge < -0.3 is 4.90 Å². The van der Waals surface area contributed by atoms with Gasteiger partial charge in [-0.15, -0.1) is 0 Å². The van der Waals surface area contributed by atoms with E-state index in [2.05, 4.69) is 44.7 Å². The van der Waals surface area contributed by atoms with Crippen LogP contribution in [0.4, 0.5) is 0 Å². The maximum atomic E-state index is 12.3. The molecule has 0 N–H and O–H groups in total. The fourth-order valence-electron chi connectivity index (χ4n) is 2.44. The molecule has 19 heavy (non-hydrogen) atoms. The second kappa shape index (κ2) is 7.29. The average molecular weight is 262 g/mol. The molecule has 106 valence electrons. The number of benzene rings is 1. The van der Waals surface area contributed by atoms with Gasteiger partial charge in [0.05, 0.1) is 6.54 Å². The van der Waals surface area contributed by atoms with Gasteiger partial charge in [-0.1, -0.05) is 30.3 Å². The Hall–Kier alpha value is -1.35. The Bertz CT molecular complexity index is 379. The van der Waals surface area contributed by atoms with Crippen molar-refractivity contribution in [2.75, 3.05) is 13.6 Å². The molecule has 0 atom stereocenters. The van der Waals surface area contributed by atoms with E-state index in [1.54, 1.807) is 0 Å². The van der Waals surface area contributed by atoms with Crippen molar-refractivity contribution in [2.45, 2.75) is 46.3 Å². The molecule has 0 aliphatic rings. The molecule has 0 radical (unpaired) electrons. The zero-order valence-electron chi connectivity index (χ0n) is 12.8. The number of hydrogen-bond donors (Lipinski definition) is 0. The molecule has 0 unspecified atom stereocenters. The second-order valence-electron chi connectivity index (χ2n) is 5.65. The lowest BCUT2D eigenvalue weighted by atomic mass is 10.2. The SMILES string of the molecule is CC(C)N(C(=O)CN(C)Cc1ccccc1)C(C)C. The molecule has 0 bridgehead atoms. The zero-order valence-corrected chi connectivity index (χ0v) is 12.8. The standard InChI is InChI=1S/C16H26N2O/c1-13(2)18(14(3)4)16(19)12-17(5)11-15-9-7-6-8-10-15/h6-10,13-14H,11-12H2,1-5H3. The summed E-state index contributed by atoms with van der Waals surface area (Å²) < 4.78 is 0. The quantitative estimate of drug-likeness (QED) is 0.787. The molecule has 0 fully saturated rings. The molecule has 0 aliphatic heterocycles. The van der Waals surface area contributed by atoms with Crippen molar-refractivity contribution in [3.8, 4) is 0 Å². The van der Waals surface area contributed by atoms with Crippen molar-refractivity contribution in [3.05, 3.63) is 35.9 Å². The lowest BCUT2D eigenvalue weighted by Gasteiger charge is -2.32. The number of nitrogens with zero attached hydrogens (tertiary/aromatic N) is 2. The predicted molar refractivity (Wildman–Crippen MR) is 79.9 cm³/mol. The summed E-state index contributed by atoms with van der Waals surface area (Å²) in [6, 6.07) is 10.7. The van der Waals surface area contributed by atoms with Gasteiger partial charge in [0.2, 0.25) is 5.91 Å². The normalized spacial score (nSPS) is 11.4. The zero-order chi connectivity index (χ0) is 14.4. The molecular weight excluding hydrogens is 236 g/mol. The Morgan fingerprint density at radius 2 is 1.58 bits per heavy atom. The molecule has 1 amide bonds. The van der Waals surface area contributed by atoms with E-state index in [1.807, 2.05) is 30.1 Å². The van der Waals surface area contributed by atoms with Crippen molar-refractivity contribution in [1.82, 2.24) is 9.80 Å². The van der Waals surface area contributed by atoms with Crippen LogP contribution in [0.15, 0.2) is 30.3 Å². The fraction of sp³-hybridized carbons (Fsp3) is 0.562. The Balaban J connectivity index is 2.56. The van der Waals surface area contributed by atoms with Gasteiger partial charge in [0.1, 0.15) is 0 Å². The summed E-state index contributed by atoms with van der Waals surface area (Å²) in [6.45, 7) is 9.52. The van der Waals surface area contributed by atoms with E-state index in [1.165, 1.54) is 5.56 Å². The van der Waals surface area contributed by atoms with E-state index in [0.717, 1.165) is 6.54 Å². The predicted octanol–water partition coefficient (Wildman–Crippen LogP) is 2.76. The van der Waals surface area contributed by atoms with Crippen molar-refractivity contribution < 1.29 is 4.79 Å². The first-order valence-electron chi connectivity index (χ1n) is 6.95. The third-order valence-electron chi connectivity index (χ3n) is 3.10. The summed E-state index contributed by atoms with van der Waals surface area (Å²) >= 11 is 0. The van der Waals surface area contributed by atoms with Crippen LogP contribution in [0.25, 0.3) is 0 Å². The molecule has 0 saturated carbocycles. The van der Waals surface area contributed by atoms with Crippen LogP contribution in [-0.2, 0) is 11.3 Å². The number of hydrogen-bond acceptors (Lipinski definition) is 2. The van der Waals surface area contributed by atoms with E-state index in [0.29, 0.717) is 6.54 Å². The van der Waals surface area contributed by atoms with Gasteiger partial charge >= 0.3 is 0 Å². The molecule has 1 rings (SSSR count). The number of likely N-dealkylation sites (N-methyl/N-ethyl adjacent to an activating group) is 1. The monoisotopic (exact) mass is 262 g/mol. The minimum atomic E-state index is 0.198. The minimum absolute atomic E-state index is 0.198. The molecule has 0 aliphatic carbocycles.